The van der Waals surface area contributed by atoms with Crippen molar-refractivity contribution >= 4 is 79.8 Å². The Labute approximate surface area is 256 Å². The number of rotatable bonds is 21. The van der Waals surface area contributed by atoms with Gasteiger partial charge in [0.05, 0.1) is 19.3 Å². The number of phosphoric acid groups is 3. The molecule has 0 bridgehead atoms. The number of carbonyl (C=O) groups excluding carboxylic acids is 1. The summed E-state index contributed by atoms with van der Waals surface area (Å²) >= 11 is 0. The van der Waals surface area contributed by atoms with E-state index in [-0.39, 0.29) is 25.2 Å². The SMILES string of the molecule is CSS[C@@H](C)O[C@@H]1C[C@H](BC#CCNC(=O)CCCCSSCCN)OC1COP(=O)(O)OP(=O)(O)OP(=O)(O)O. The molecule has 1 fully saturated rings. The lowest BCUT2D eigenvalue weighted by Crippen LogP contribution is -2.30. The molecule has 41 heavy (non-hydrogen) atoms. The topological polar surface area (TPSA) is 233 Å². The summed E-state index contributed by atoms with van der Waals surface area (Å²) in [6.07, 6.45) is 2.84. The normalized spacial score (nSPS) is 22.7. The molecule has 1 aliphatic rings. The summed E-state index contributed by atoms with van der Waals surface area (Å²) < 4.78 is 58.4. The first-order valence-corrected chi connectivity index (χ1v) is 21.7. The Hall–Kier alpha value is 0.785. The molecule has 3 unspecified atom stereocenters. The molecule has 1 rings (SSSR count). The smallest absolute Gasteiger partial charge is 0.377 e. The highest BCUT2D eigenvalue weighted by molar-refractivity contribution is 8.77. The molecule has 0 spiro atoms. The van der Waals surface area contributed by atoms with Crippen molar-refractivity contribution in [3.63, 3.8) is 0 Å². The number of carbonyl (C=O) groups is 1. The van der Waals surface area contributed by atoms with Gasteiger partial charge in [0.2, 0.25) is 13.2 Å². The maximum Gasteiger partial charge on any atom is 0.490 e. The average Bonchev–Trinajstić information content (AvgIpc) is 3.21. The number of unbranched alkanes of at least 4 members (excludes halogenated alkanes) is 1. The predicted molar refractivity (Wildman–Crippen MR) is 164 cm³/mol. The van der Waals surface area contributed by atoms with E-state index >= 15 is 0 Å². The summed E-state index contributed by atoms with van der Waals surface area (Å²) in [6.45, 7) is 2.00. The maximum atomic E-state index is 12.1. The number of amides is 1. The third kappa shape index (κ3) is 20.4. The van der Waals surface area contributed by atoms with E-state index in [1.165, 1.54) is 21.6 Å². The Morgan fingerprint density at radius 3 is 2.51 bits per heavy atom. The average molecular weight is 720 g/mol. The number of ether oxygens (including phenoxy) is 2. The number of phosphoric ester groups is 1. The van der Waals surface area contributed by atoms with E-state index in [0.717, 1.165) is 24.3 Å². The molecule has 6 atom stereocenters. The summed E-state index contributed by atoms with van der Waals surface area (Å²) in [6, 6.07) is -0.446. The molecular weight excluding hydrogens is 684 g/mol. The lowest BCUT2D eigenvalue weighted by molar-refractivity contribution is -0.120. The fourth-order valence-corrected chi connectivity index (χ4v) is 9.63. The summed E-state index contributed by atoms with van der Waals surface area (Å²) in [4.78, 5) is 48.3. The first kappa shape index (κ1) is 39.8. The molecule has 0 aromatic carbocycles. The zero-order chi connectivity index (χ0) is 30.9. The summed E-state index contributed by atoms with van der Waals surface area (Å²) in [5.74, 6) is 7.56. The van der Waals surface area contributed by atoms with E-state index < -0.39 is 48.3 Å². The molecule has 0 aromatic rings. The largest absolute Gasteiger partial charge is 0.490 e. The van der Waals surface area contributed by atoms with Gasteiger partial charge in [-0.3, -0.25) is 9.32 Å². The van der Waals surface area contributed by atoms with Crippen molar-refractivity contribution < 1.29 is 60.7 Å². The second-order valence-electron chi connectivity index (χ2n) is 8.15. The van der Waals surface area contributed by atoms with E-state index in [9.17, 15) is 28.3 Å². The standard InChI is InChI=1S/C18H36BN2O13P3S4/c1-14(41-38-2)31-15-12-17(19-7-5-9-21-18(22)6-3-4-10-39-40-11-8-20)32-16(15)13-30-36(26,27)34-37(28,29)33-35(23,24)25/h14-17,19H,3-4,6,8-13,20H2,1-2H3,(H,21,22)(H,26,27)(H,28,29)(H2,23,24,25)/t14-,15+,16?,17+/m0/s1. The lowest BCUT2D eigenvalue weighted by Gasteiger charge is -2.23. The quantitative estimate of drug-likeness (QED) is 0.0249. The number of nitrogens with one attached hydrogen (secondary N) is 1. The highest BCUT2D eigenvalue weighted by Gasteiger charge is 2.43. The van der Waals surface area contributed by atoms with Gasteiger partial charge in [-0.25, -0.2) is 13.7 Å². The molecule has 1 amide bonds. The minimum atomic E-state index is -5.63. The molecule has 0 aliphatic carbocycles. The summed E-state index contributed by atoms with van der Waals surface area (Å²) in [5.41, 5.74) is 5.15. The minimum Gasteiger partial charge on any atom is -0.377 e. The van der Waals surface area contributed by atoms with Crippen LogP contribution in [0.25, 0.3) is 0 Å². The van der Waals surface area contributed by atoms with Crippen molar-refractivity contribution in [2.24, 2.45) is 5.73 Å². The molecule has 1 saturated heterocycles. The van der Waals surface area contributed by atoms with Crippen LogP contribution in [0.1, 0.15) is 32.6 Å². The van der Waals surface area contributed by atoms with Crippen molar-refractivity contribution in [3.8, 4) is 11.7 Å². The third-order valence-electron chi connectivity index (χ3n) is 4.69. The molecule has 0 aromatic heterocycles. The van der Waals surface area contributed by atoms with Gasteiger partial charge in [0, 0.05) is 30.5 Å². The van der Waals surface area contributed by atoms with E-state index in [1.54, 1.807) is 28.5 Å². The van der Waals surface area contributed by atoms with Crippen molar-refractivity contribution in [1.82, 2.24) is 5.32 Å². The molecule has 15 nitrogen and oxygen atoms in total. The van der Waals surface area contributed by atoms with Crippen molar-refractivity contribution in [1.29, 1.82) is 0 Å². The van der Waals surface area contributed by atoms with Crippen LogP contribution in [-0.4, -0.2) is 93.9 Å². The van der Waals surface area contributed by atoms with Gasteiger partial charge in [-0.2, -0.15) is 14.4 Å². The van der Waals surface area contributed by atoms with Crippen LogP contribution in [0.15, 0.2) is 0 Å². The van der Waals surface area contributed by atoms with Crippen LogP contribution in [0.5, 0.6) is 0 Å². The Morgan fingerprint density at radius 1 is 1.15 bits per heavy atom. The van der Waals surface area contributed by atoms with E-state index in [4.69, 9.17) is 29.5 Å². The zero-order valence-electron chi connectivity index (χ0n) is 22.4. The molecule has 1 aliphatic heterocycles. The van der Waals surface area contributed by atoms with Crippen LogP contribution >= 0.6 is 66.6 Å². The van der Waals surface area contributed by atoms with Gasteiger partial charge in [0.25, 0.3) is 0 Å². The van der Waals surface area contributed by atoms with Gasteiger partial charge in [0.1, 0.15) is 11.5 Å². The van der Waals surface area contributed by atoms with E-state index in [2.05, 4.69) is 25.7 Å². The highest BCUT2D eigenvalue weighted by Crippen LogP contribution is 2.66. The molecular formula is C18H36BN2O13P3S4. The van der Waals surface area contributed by atoms with Crippen LogP contribution < -0.4 is 11.1 Å². The first-order valence-electron chi connectivity index (χ1n) is 12.1. The van der Waals surface area contributed by atoms with Crippen LogP contribution in [0.3, 0.4) is 0 Å². The Morgan fingerprint density at radius 2 is 1.85 bits per heavy atom. The molecule has 23 heteroatoms. The Bertz CT molecular complexity index is 1000. The van der Waals surface area contributed by atoms with Crippen LogP contribution in [0.4, 0.5) is 0 Å². The number of hydrogen-bond donors (Lipinski definition) is 6. The Kier molecular flexibility index (Phi) is 20.1. The maximum absolute atomic E-state index is 12.1. The van der Waals surface area contributed by atoms with E-state index in [1.807, 2.05) is 6.26 Å². The second kappa shape index (κ2) is 20.7. The second-order valence-corrected chi connectivity index (χ2v) is 18.0. The minimum absolute atomic E-state index is 0.0868. The molecule has 7 N–H and O–H groups in total. The fraction of sp³-hybridized carbons (Fsp3) is 0.833. The Balaban J connectivity index is 2.55. The zero-order valence-corrected chi connectivity index (χ0v) is 28.3. The van der Waals surface area contributed by atoms with Crippen LogP contribution in [0, 0.1) is 11.7 Å². The molecule has 0 radical (unpaired) electrons. The van der Waals surface area contributed by atoms with Crippen molar-refractivity contribution in [2.45, 2.75) is 56.3 Å². The van der Waals surface area contributed by atoms with Crippen molar-refractivity contribution in [3.05, 3.63) is 0 Å². The van der Waals surface area contributed by atoms with Gasteiger partial charge in [-0.15, -0.1) is 0 Å². The van der Waals surface area contributed by atoms with Crippen molar-refractivity contribution in [2.75, 3.05) is 37.5 Å². The van der Waals surface area contributed by atoms with Gasteiger partial charge < -0.3 is 40.1 Å². The van der Waals surface area contributed by atoms with Gasteiger partial charge in [-0.05, 0) is 32.4 Å². The highest BCUT2D eigenvalue weighted by atomic mass is 33.1. The monoisotopic (exact) mass is 720 g/mol. The first-order chi connectivity index (χ1) is 19.2. The third-order valence-corrected chi connectivity index (χ3v) is 13.0. The van der Waals surface area contributed by atoms with E-state index in [0.29, 0.717) is 19.4 Å². The van der Waals surface area contributed by atoms with Crippen LogP contribution in [0.2, 0.25) is 0 Å². The van der Waals surface area contributed by atoms with Gasteiger partial charge in [-0.1, -0.05) is 49.1 Å². The molecule has 1 heterocycles. The number of nitrogens with two attached hydrogens (primary N) is 1. The summed E-state index contributed by atoms with van der Waals surface area (Å²) in [5, 5.41) is 2.74. The molecule has 0 saturated carbocycles. The summed E-state index contributed by atoms with van der Waals surface area (Å²) in [7, 11) is -9.80. The van der Waals surface area contributed by atoms with Crippen LogP contribution in [-0.2, 0) is 41.1 Å². The lowest BCUT2D eigenvalue weighted by atomic mass is 9.71. The number of hydrogen-bond acceptors (Lipinski definition) is 14. The molecule has 238 valence electrons. The van der Waals surface area contributed by atoms with Gasteiger partial charge >= 0.3 is 23.5 Å². The predicted octanol–water partition coefficient (Wildman–Crippen LogP) is 2.21. The fourth-order valence-electron chi connectivity index (χ4n) is 3.19. The van der Waals surface area contributed by atoms with Gasteiger partial charge in [0.15, 0.2) is 0 Å².